The van der Waals surface area contributed by atoms with E-state index in [4.69, 9.17) is 9.26 Å². The highest BCUT2D eigenvalue weighted by atomic mass is 16.5. The number of hydrogen-bond acceptors (Lipinski definition) is 5. The second-order valence-corrected chi connectivity index (χ2v) is 5.29. The van der Waals surface area contributed by atoms with Crippen LogP contribution in [0.15, 0.2) is 59.3 Å². The van der Waals surface area contributed by atoms with E-state index in [0.717, 1.165) is 35.0 Å². The zero-order valence-corrected chi connectivity index (χ0v) is 13.0. The average Bonchev–Trinajstić information content (AvgIpc) is 3.00. The van der Waals surface area contributed by atoms with Crippen LogP contribution in [0.2, 0.25) is 0 Å². The average molecular weight is 309 g/mol. The normalized spacial score (nSPS) is 10.7. The van der Waals surface area contributed by atoms with Gasteiger partial charge in [0.2, 0.25) is 0 Å². The lowest BCUT2D eigenvalue weighted by Crippen LogP contribution is -2.12. The van der Waals surface area contributed by atoms with E-state index in [2.05, 4.69) is 21.5 Å². The van der Waals surface area contributed by atoms with Gasteiger partial charge < -0.3 is 14.6 Å². The fraction of sp³-hybridized carbons (Fsp3) is 0.222. The number of benzene rings is 1. The van der Waals surface area contributed by atoms with Crippen molar-refractivity contribution < 1.29 is 9.26 Å². The van der Waals surface area contributed by atoms with Gasteiger partial charge in [-0.1, -0.05) is 23.4 Å². The van der Waals surface area contributed by atoms with Crippen LogP contribution in [-0.4, -0.2) is 10.1 Å². The Balaban J connectivity index is 1.50. The van der Waals surface area contributed by atoms with Gasteiger partial charge in [-0.3, -0.25) is 4.98 Å². The molecule has 3 rings (SSSR count). The van der Waals surface area contributed by atoms with Crippen LogP contribution in [0, 0.1) is 6.92 Å². The Morgan fingerprint density at radius 2 is 2.00 bits per heavy atom. The summed E-state index contributed by atoms with van der Waals surface area (Å²) < 4.78 is 10.8. The summed E-state index contributed by atoms with van der Waals surface area (Å²) in [5, 5.41) is 7.30. The number of aromatic nitrogens is 2. The summed E-state index contributed by atoms with van der Waals surface area (Å²) >= 11 is 0. The highest BCUT2D eigenvalue weighted by Crippen LogP contribution is 2.15. The molecule has 0 aliphatic carbocycles. The molecule has 5 nitrogen and oxygen atoms in total. The molecule has 0 fully saturated rings. The van der Waals surface area contributed by atoms with E-state index in [1.54, 1.807) is 6.20 Å². The van der Waals surface area contributed by atoms with Crippen LogP contribution in [-0.2, 0) is 19.7 Å². The van der Waals surface area contributed by atoms with Gasteiger partial charge in [-0.2, -0.15) is 0 Å². The maximum Gasteiger partial charge on any atom is 0.133 e. The molecular formula is C18H19N3O2. The van der Waals surface area contributed by atoms with Crippen molar-refractivity contribution in [1.29, 1.82) is 0 Å². The minimum Gasteiger partial charge on any atom is -0.487 e. The first-order chi connectivity index (χ1) is 11.3. The van der Waals surface area contributed by atoms with Crippen LogP contribution in [0.1, 0.15) is 22.7 Å². The molecule has 118 valence electrons. The molecule has 0 unspecified atom stereocenters. The van der Waals surface area contributed by atoms with E-state index in [0.29, 0.717) is 13.2 Å². The number of ether oxygens (including phenoxy) is 1. The maximum absolute atomic E-state index is 5.78. The molecule has 5 heteroatoms. The van der Waals surface area contributed by atoms with Crippen molar-refractivity contribution in [3.63, 3.8) is 0 Å². The van der Waals surface area contributed by atoms with Crippen LogP contribution in [0.3, 0.4) is 0 Å². The minimum absolute atomic E-state index is 0.468. The molecule has 0 atom stereocenters. The fourth-order valence-electron chi connectivity index (χ4n) is 2.22. The molecule has 0 aliphatic rings. The molecule has 1 N–H and O–H groups in total. The molecule has 1 aromatic carbocycles. The lowest BCUT2D eigenvalue weighted by molar-refractivity contribution is 0.301. The van der Waals surface area contributed by atoms with Crippen molar-refractivity contribution in [2.24, 2.45) is 0 Å². The largest absolute Gasteiger partial charge is 0.487 e. The number of nitrogens with zero attached hydrogens (tertiary/aromatic N) is 2. The van der Waals surface area contributed by atoms with Gasteiger partial charge in [0.15, 0.2) is 0 Å². The van der Waals surface area contributed by atoms with E-state index in [9.17, 15) is 0 Å². The first kappa shape index (κ1) is 15.2. The predicted octanol–water partition coefficient (Wildman–Crippen LogP) is 3.25. The standard InChI is InChI=1S/C18H19N3O2/c1-14-9-17(21-23-14)12-19-11-15-5-4-7-18(10-15)22-13-16-6-2-3-8-20-16/h2-10,19H,11-13H2,1H3. The van der Waals surface area contributed by atoms with Gasteiger partial charge in [0.25, 0.3) is 0 Å². The summed E-state index contributed by atoms with van der Waals surface area (Å²) in [5.41, 5.74) is 2.98. The molecule has 0 amide bonds. The van der Waals surface area contributed by atoms with E-state index in [1.165, 1.54) is 0 Å². The monoisotopic (exact) mass is 309 g/mol. The van der Waals surface area contributed by atoms with E-state index in [-0.39, 0.29) is 0 Å². The molecule has 2 aromatic heterocycles. The highest BCUT2D eigenvalue weighted by Gasteiger charge is 2.01. The third-order valence-corrected chi connectivity index (χ3v) is 3.32. The Bertz CT molecular complexity index is 741. The topological polar surface area (TPSA) is 60.2 Å². The van der Waals surface area contributed by atoms with Gasteiger partial charge in [-0.05, 0) is 36.8 Å². The Morgan fingerprint density at radius 3 is 2.78 bits per heavy atom. The first-order valence-corrected chi connectivity index (χ1v) is 7.54. The highest BCUT2D eigenvalue weighted by molar-refractivity contribution is 5.28. The first-order valence-electron chi connectivity index (χ1n) is 7.54. The third-order valence-electron chi connectivity index (χ3n) is 3.32. The Labute approximate surface area is 135 Å². The predicted molar refractivity (Wildman–Crippen MR) is 86.8 cm³/mol. The van der Waals surface area contributed by atoms with Crippen LogP contribution in [0.5, 0.6) is 5.75 Å². The van der Waals surface area contributed by atoms with Gasteiger partial charge in [0, 0.05) is 25.4 Å². The van der Waals surface area contributed by atoms with Gasteiger partial charge >= 0.3 is 0 Å². The molecule has 2 heterocycles. The van der Waals surface area contributed by atoms with Crippen molar-refractivity contribution >= 4 is 0 Å². The van der Waals surface area contributed by atoms with Crippen molar-refractivity contribution in [2.75, 3.05) is 0 Å². The second-order valence-electron chi connectivity index (χ2n) is 5.29. The SMILES string of the molecule is Cc1cc(CNCc2cccc(OCc3ccccn3)c2)no1. The van der Waals surface area contributed by atoms with Crippen molar-refractivity contribution in [2.45, 2.75) is 26.6 Å². The zero-order chi connectivity index (χ0) is 15.9. The van der Waals surface area contributed by atoms with Crippen LogP contribution in [0.25, 0.3) is 0 Å². The molecule has 23 heavy (non-hydrogen) atoms. The molecule has 0 bridgehead atoms. The fourth-order valence-corrected chi connectivity index (χ4v) is 2.22. The van der Waals surface area contributed by atoms with Crippen molar-refractivity contribution in [1.82, 2.24) is 15.5 Å². The number of pyridine rings is 1. The van der Waals surface area contributed by atoms with Crippen molar-refractivity contribution in [3.8, 4) is 5.75 Å². The quantitative estimate of drug-likeness (QED) is 0.726. The maximum atomic E-state index is 5.78. The Hall–Kier alpha value is -2.66. The van der Waals surface area contributed by atoms with E-state index >= 15 is 0 Å². The molecule has 0 saturated heterocycles. The van der Waals surface area contributed by atoms with E-state index in [1.807, 2.05) is 49.4 Å². The van der Waals surface area contributed by atoms with Crippen molar-refractivity contribution in [3.05, 3.63) is 77.4 Å². The molecular weight excluding hydrogens is 290 g/mol. The van der Waals surface area contributed by atoms with Gasteiger partial charge in [0.05, 0.1) is 11.4 Å². The molecule has 0 saturated carbocycles. The van der Waals surface area contributed by atoms with Gasteiger partial charge in [0.1, 0.15) is 18.1 Å². The van der Waals surface area contributed by atoms with Crippen LogP contribution in [0.4, 0.5) is 0 Å². The van der Waals surface area contributed by atoms with Crippen LogP contribution < -0.4 is 10.1 Å². The Morgan fingerprint density at radius 1 is 1.04 bits per heavy atom. The Kier molecular flexibility index (Phi) is 5.01. The van der Waals surface area contributed by atoms with Crippen LogP contribution >= 0.6 is 0 Å². The number of rotatable bonds is 7. The minimum atomic E-state index is 0.468. The van der Waals surface area contributed by atoms with E-state index < -0.39 is 0 Å². The summed E-state index contributed by atoms with van der Waals surface area (Å²) in [7, 11) is 0. The molecule has 0 spiro atoms. The van der Waals surface area contributed by atoms with Gasteiger partial charge in [-0.25, -0.2) is 0 Å². The lowest BCUT2D eigenvalue weighted by atomic mass is 10.2. The smallest absolute Gasteiger partial charge is 0.133 e. The zero-order valence-electron chi connectivity index (χ0n) is 13.0. The summed E-state index contributed by atoms with van der Waals surface area (Å²) in [5.74, 6) is 1.67. The summed E-state index contributed by atoms with van der Waals surface area (Å²) in [6.45, 7) is 3.78. The second kappa shape index (κ2) is 7.56. The van der Waals surface area contributed by atoms with Gasteiger partial charge in [-0.15, -0.1) is 0 Å². The number of aryl methyl sites for hydroxylation is 1. The number of hydrogen-bond donors (Lipinski definition) is 1. The number of nitrogens with one attached hydrogen (secondary N) is 1. The summed E-state index contributed by atoms with van der Waals surface area (Å²) in [6, 6.07) is 15.8. The molecule has 0 aliphatic heterocycles. The molecule has 0 radical (unpaired) electrons. The third kappa shape index (κ3) is 4.66. The molecule has 3 aromatic rings. The summed E-state index contributed by atoms with van der Waals surface area (Å²) in [6.07, 6.45) is 1.77. The summed E-state index contributed by atoms with van der Waals surface area (Å²) in [4.78, 5) is 4.25. The lowest BCUT2D eigenvalue weighted by Gasteiger charge is -2.08.